The van der Waals surface area contributed by atoms with Crippen molar-refractivity contribution in [2.24, 2.45) is 0 Å². The van der Waals surface area contributed by atoms with E-state index in [1.165, 1.54) is 0 Å². The number of fused-ring (bicyclic) bond motifs is 2. The standard InChI is InChI=1S/C28H19ClN6OS/c1-36-25-13-12-23-27(33-25)24(14-15-30-23)37-19-9-7-18(8-10-19)32-28-21-5-3-2-4-20(21)26(34-35-28)22-11-6-17(29)16-31-22/h2-16H,1H3,(H,32,35). The van der Waals surface area contributed by atoms with Crippen LogP contribution in [0.4, 0.5) is 11.5 Å². The molecule has 180 valence electrons. The molecule has 0 amide bonds. The lowest BCUT2D eigenvalue weighted by molar-refractivity contribution is 0.399. The molecule has 0 aliphatic carbocycles. The van der Waals surface area contributed by atoms with E-state index in [-0.39, 0.29) is 0 Å². The van der Waals surface area contributed by atoms with Gasteiger partial charge in [0.15, 0.2) is 5.82 Å². The molecule has 1 N–H and O–H groups in total. The van der Waals surface area contributed by atoms with E-state index in [4.69, 9.17) is 16.3 Å². The monoisotopic (exact) mass is 522 g/mol. The van der Waals surface area contributed by atoms with Gasteiger partial charge in [-0.25, -0.2) is 4.98 Å². The minimum atomic E-state index is 0.563. The summed E-state index contributed by atoms with van der Waals surface area (Å²) < 4.78 is 5.29. The number of rotatable bonds is 6. The topological polar surface area (TPSA) is 85.7 Å². The van der Waals surface area contributed by atoms with Crippen LogP contribution in [0.25, 0.3) is 33.2 Å². The van der Waals surface area contributed by atoms with E-state index >= 15 is 0 Å². The Kier molecular flexibility index (Phi) is 6.26. The zero-order valence-electron chi connectivity index (χ0n) is 19.6. The lowest BCUT2D eigenvalue weighted by atomic mass is 10.1. The molecule has 0 saturated heterocycles. The first-order chi connectivity index (χ1) is 18.2. The van der Waals surface area contributed by atoms with Crippen LogP contribution in [0, 0.1) is 0 Å². The maximum absolute atomic E-state index is 6.01. The molecule has 0 aliphatic rings. The fourth-order valence-electron chi connectivity index (χ4n) is 3.95. The molecule has 0 saturated carbocycles. The Labute approximate surface area is 221 Å². The number of hydrogen-bond acceptors (Lipinski definition) is 8. The average Bonchev–Trinajstić information content (AvgIpc) is 2.95. The third-order valence-electron chi connectivity index (χ3n) is 5.73. The molecule has 0 atom stereocenters. The van der Waals surface area contributed by atoms with Gasteiger partial charge < -0.3 is 10.1 Å². The molecule has 6 rings (SSSR count). The molecule has 37 heavy (non-hydrogen) atoms. The molecular formula is C28H19ClN6OS. The predicted molar refractivity (Wildman–Crippen MR) is 148 cm³/mol. The SMILES string of the molecule is COc1ccc2nccc(Sc3ccc(Nc4nnc(-c5ccc(Cl)cn5)c5ccccc45)cc3)c2n1. The van der Waals surface area contributed by atoms with E-state index < -0.39 is 0 Å². The molecule has 0 unspecified atom stereocenters. The smallest absolute Gasteiger partial charge is 0.213 e. The average molecular weight is 523 g/mol. The van der Waals surface area contributed by atoms with E-state index in [1.54, 1.807) is 37.3 Å². The van der Waals surface area contributed by atoms with Crippen molar-refractivity contribution in [3.8, 4) is 17.3 Å². The second-order valence-corrected chi connectivity index (χ2v) is 9.64. The van der Waals surface area contributed by atoms with Crippen molar-refractivity contribution in [3.63, 3.8) is 0 Å². The van der Waals surface area contributed by atoms with Crippen LogP contribution < -0.4 is 10.1 Å². The summed E-state index contributed by atoms with van der Waals surface area (Å²) in [4.78, 5) is 15.5. The largest absolute Gasteiger partial charge is 0.481 e. The van der Waals surface area contributed by atoms with Gasteiger partial charge in [0, 0.05) is 44.7 Å². The van der Waals surface area contributed by atoms with Crippen LogP contribution in [0.3, 0.4) is 0 Å². The van der Waals surface area contributed by atoms with E-state index in [0.717, 1.165) is 43.0 Å². The molecule has 0 spiro atoms. The van der Waals surface area contributed by atoms with Crippen molar-refractivity contribution in [2.45, 2.75) is 9.79 Å². The quantitative estimate of drug-likeness (QED) is 0.246. The lowest BCUT2D eigenvalue weighted by Crippen LogP contribution is -1.99. The van der Waals surface area contributed by atoms with Crippen LogP contribution in [0.15, 0.2) is 101 Å². The highest BCUT2D eigenvalue weighted by molar-refractivity contribution is 7.99. The van der Waals surface area contributed by atoms with Gasteiger partial charge >= 0.3 is 0 Å². The highest BCUT2D eigenvalue weighted by Crippen LogP contribution is 2.34. The van der Waals surface area contributed by atoms with Crippen molar-refractivity contribution >= 4 is 56.7 Å². The number of benzene rings is 2. The second-order valence-electron chi connectivity index (χ2n) is 8.09. The van der Waals surface area contributed by atoms with Crippen LogP contribution in [0.1, 0.15) is 0 Å². The van der Waals surface area contributed by atoms with E-state index in [9.17, 15) is 0 Å². The molecule has 4 heterocycles. The normalized spacial score (nSPS) is 11.1. The van der Waals surface area contributed by atoms with E-state index in [2.05, 4.69) is 42.6 Å². The number of aromatic nitrogens is 5. The second kappa shape index (κ2) is 10.0. The number of nitrogens with zero attached hydrogens (tertiary/aromatic N) is 5. The molecule has 4 aromatic heterocycles. The predicted octanol–water partition coefficient (Wildman–Crippen LogP) is 7.19. The summed E-state index contributed by atoms with van der Waals surface area (Å²) in [5, 5.41) is 14.8. The van der Waals surface area contributed by atoms with Gasteiger partial charge in [-0.05, 0) is 48.5 Å². The van der Waals surface area contributed by atoms with E-state index in [1.807, 2.05) is 60.7 Å². The minimum Gasteiger partial charge on any atom is -0.481 e. The third-order valence-corrected chi connectivity index (χ3v) is 7.01. The van der Waals surface area contributed by atoms with Crippen molar-refractivity contribution in [1.29, 1.82) is 0 Å². The maximum Gasteiger partial charge on any atom is 0.213 e. The summed E-state index contributed by atoms with van der Waals surface area (Å²) in [6.07, 6.45) is 3.40. The van der Waals surface area contributed by atoms with Gasteiger partial charge in [0.05, 0.1) is 23.3 Å². The fourth-order valence-corrected chi connectivity index (χ4v) is 4.96. The number of pyridine rings is 3. The molecule has 7 nitrogen and oxygen atoms in total. The minimum absolute atomic E-state index is 0.563. The van der Waals surface area contributed by atoms with Crippen LogP contribution >= 0.6 is 23.4 Å². The van der Waals surface area contributed by atoms with Crippen molar-refractivity contribution in [2.75, 3.05) is 12.4 Å². The zero-order chi connectivity index (χ0) is 25.2. The highest BCUT2D eigenvalue weighted by atomic mass is 35.5. The number of nitrogens with one attached hydrogen (secondary N) is 1. The molecule has 2 aromatic carbocycles. The summed E-state index contributed by atoms with van der Waals surface area (Å²) in [5.41, 5.74) is 3.97. The Morgan fingerprint density at radius 2 is 1.68 bits per heavy atom. The molecule has 0 bridgehead atoms. The summed E-state index contributed by atoms with van der Waals surface area (Å²) in [6.45, 7) is 0. The van der Waals surface area contributed by atoms with Gasteiger partial charge in [-0.3, -0.25) is 9.97 Å². The van der Waals surface area contributed by atoms with E-state index in [0.29, 0.717) is 22.4 Å². The number of methoxy groups -OCH3 is 1. The maximum atomic E-state index is 6.01. The first-order valence-electron chi connectivity index (χ1n) is 11.4. The first-order valence-corrected chi connectivity index (χ1v) is 12.6. The van der Waals surface area contributed by atoms with Crippen molar-refractivity contribution < 1.29 is 4.74 Å². The number of halogens is 1. The fraction of sp³-hybridized carbons (Fsp3) is 0.0357. The molecule has 0 aliphatic heterocycles. The van der Waals surface area contributed by atoms with Crippen LogP contribution in [0.5, 0.6) is 5.88 Å². The molecule has 0 fully saturated rings. The Morgan fingerprint density at radius 1 is 0.838 bits per heavy atom. The van der Waals surface area contributed by atoms with Gasteiger partial charge in [-0.1, -0.05) is 47.6 Å². The summed E-state index contributed by atoms with van der Waals surface area (Å²) in [7, 11) is 1.61. The Morgan fingerprint density at radius 3 is 2.46 bits per heavy atom. The van der Waals surface area contributed by atoms with Gasteiger partial charge in [-0.15, -0.1) is 10.2 Å². The van der Waals surface area contributed by atoms with Gasteiger partial charge in [0.1, 0.15) is 11.2 Å². The molecular weight excluding hydrogens is 504 g/mol. The summed E-state index contributed by atoms with van der Waals surface area (Å²) in [5.74, 6) is 1.23. The summed E-state index contributed by atoms with van der Waals surface area (Å²) in [6, 6.07) is 25.5. The van der Waals surface area contributed by atoms with Crippen LogP contribution in [-0.2, 0) is 0 Å². The number of ether oxygens (including phenoxy) is 1. The third kappa shape index (κ3) is 4.76. The van der Waals surface area contributed by atoms with Gasteiger partial charge in [-0.2, -0.15) is 0 Å². The Bertz CT molecular complexity index is 1730. The molecule has 9 heteroatoms. The lowest BCUT2D eigenvalue weighted by Gasteiger charge is -2.11. The Hall–Kier alpha value is -4.27. The van der Waals surface area contributed by atoms with Crippen LogP contribution in [0.2, 0.25) is 5.02 Å². The Balaban J connectivity index is 1.27. The summed E-state index contributed by atoms with van der Waals surface area (Å²) >= 11 is 7.63. The highest BCUT2D eigenvalue weighted by Gasteiger charge is 2.13. The van der Waals surface area contributed by atoms with Crippen LogP contribution in [-0.4, -0.2) is 32.3 Å². The van der Waals surface area contributed by atoms with Gasteiger partial charge in [0.2, 0.25) is 5.88 Å². The number of anilines is 2. The van der Waals surface area contributed by atoms with Gasteiger partial charge in [0.25, 0.3) is 0 Å². The van der Waals surface area contributed by atoms with Crippen molar-refractivity contribution in [3.05, 3.63) is 96.3 Å². The van der Waals surface area contributed by atoms with Crippen molar-refractivity contribution in [1.82, 2.24) is 25.1 Å². The zero-order valence-corrected chi connectivity index (χ0v) is 21.2. The molecule has 0 radical (unpaired) electrons. The number of hydrogen-bond donors (Lipinski definition) is 1. The first kappa shape index (κ1) is 23.1. The molecule has 6 aromatic rings.